The molecule has 1 saturated carbocycles. The Hall–Kier alpha value is -0.0800. The zero-order valence-electron chi connectivity index (χ0n) is 12.7. The molecule has 0 aromatic carbocycles. The Morgan fingerprint density at radius 3 is 2.50 bits per heavy atom. The zero-order chi connectivity index (χ0) is 13.5. The second kappa shape index (κ2) is 8.16. The lowest BCUT2D eigenvalue weighted by molar-refractivity contribution is -0.0398. The minimum absolute atomic E-state index is 0.164. The Kier molecular flexibility index (Phi) is 7.25. The van der Waals surface area contributed by atoms with E-state index in [0.717, 1.165) is 43.6 Å². The van der Waals surface area contributed by atoms with Crippen molar-refractivity contribution in [2.24, 2.45) is 17.8 Å². The molecule has 1 aliphatic carbocycles. The Labute approximate surface area is 113 Å². The van der Waals surface area contributed by atoms with Gasteiger partial charge in [-0.1, -0.05) is 27.2 Å². The van der Waals surface area contributed by atoms with Gasteiger partial charge in [-0.3, -0.25) is 0 Å². The van der Waals surface area contributed by atoms with E-state index in [1.807, 2.05) is 6.92 Å². The maximum absolute atomic E-state index is 9.21. The molecule has 18 heavy (non-hydrogen) atoms. The maximum Gasteiger partial charge on any atom is 0.0608 e. The van der Waals surface area contributed by atoms with Gasteiger partial charge in [0.1, 0.15) is 0 Å². The molecule has 1 N–H and O–H groups in total. The van der Waals surface area contributed by atoms with Crippen LogP contribution in [0, 0.1) is 17.8 Å². The first-order valence-corrected chi connectivity index (χ1v) is 7.80. The molecule has 0 amide bonds. The van der Waals surface area contributed by atoms with Gasteiger partial charge < -0.3 is 9.84 Å². The largest absolute Gasteiger partial charge is 0.393 e. The molecule has 1 fully saturated rings. The van der Waals surface area contributed by atoms with Crippen LogP contribution in [0.4, 0.5) is 0 Å². The van der Waals surface area contributed by atoms with Crippen LogP contribution >= 0.6 is 0 Å². The fourth-order valence-corrected chi connectivity index (χ4v) is 3.08. The van der Waals surface area contributed by atoms with E-state index in [9.17, 15) is 5.11 Å². The van der Waals surface area contributed by atoms with Crippen molar-refractivity contribution >= 4 is 0 Å². The van der Waals surface area contributed by atoms with Gasteiger partial charge in [0.05, 0.1) is 12.2 Å². The minimum atomic E-state index is -0.164. The van der Waals surface area contributed by atoms with Gasteiger partial charge in [0.25, 0.3) is 0 Å². The van der Waals surface area contributed by atoms with Crippen LogP contribution in [0.1, 0.15) is 66.2 Å². The van der Waals surface area contributed by atoms with Crippen LogP contribution in [0.5, 0.6) is 0 Å². The summed E-state index contributed by atoms with van der Waals surface area (Å²) < 4.78 is 6.13. The number of aliphatic hydroxyl groups excluding tert-OH is 1. The Bertz CT molecular complexity index is 213. The minimum Gasteiger partial charge on any atom is -0.393 e. The normalized spacial score (nSPS) is 30.7. The first-order valence-electron chi connectivity index (χ1n) is 7.80. The standard InChI is InChI=1S/C16H32O2/c1-12(2)15-9-8-13(3)11-16(15)18-10-6-5-7-14(4)17/h12-17H,5-11H2,1-4H3. The molecule has 0 radical (unpaired) electrons. The van der Waals surface area contributed by atoms with Crippen LogP contribution in [0.15, 0.2) is 0 Å². The summed E-state index contributed by atoms with van der Waals surface area (Å²) in [6.45, 7) is 9.72. The fraction of sp³-hybridized carbons (Fsp3) is 1.00. The van der Waals surface area contributed by atoms with Crippen molar-refractivity contribution < 1.29 is 9.84 Å². The summed E-state index contributed by atoms with van der Waals surface area (Å²) >= 11 is 0. The van der Waals surface area contributed by atoms with E-state index in [1.165, 1.54) is 19.3 Å². The van der Waals surface area contributed by atoms with E-state index in [0.29, 0.717) is 6.10 Å². The predicted molar refractivity (Wildman–Crippen MR) is 76.6 cm³/mol. The second-order valence-corrected chi connectivity index (χ2v) is 6.58. The van der Waals surface area contributed by atoms with E-state index in [4.69, 9.17) is 4.74 Å². The number of rotatable bonds is 7. The monoisotopic (exact) mass is 256 g/mol. The Morgan fingerprint density at radius 2 is 1.89 bits per heavy atom. The van der Waals surface area contributed by atoms with Crippen molar-refractivity contribution in [3.05, 3.63) is 0 Å². The van der Waals surface area contributed by atoms with Crippen LogP contribution in [0.3, 0.4) is 0 Å². The van der Waals surface area contributed by atoms with Crippen LogP contribution < -0.4 is 0 Å². The molecule has 4 atom stereocenters. The first kappa shape index (κ1) is 16.0. The SMILES string of the molecule is CC(O)CCCCOC1CC(C)CCC1C(C)C. The molecular weight excluding hydrogens is 224 g/mol. The number of hydrogen-bond acceptors (Lipinski definition) is 2. The Morgan fingerprint density at radius 1 is 1.17 bits per heavy atom. The Balaban J connectivity index is 2.24. The van der Waals surface area contributed by atoms with Gasteiger partial charge >= 0.3 is 0 Å². The molecule has 0 spiro atoms. The average Bonchev–Trinajstić information content (AvgIpc) is 2.27. The van der Waals surface area contributed by atoms with Gasteiger partial charge in [0, 0.05) is 6.61 Å². The van der Waals surface area contributed by atoms with Crippen molar-refractivity contribution in [1.29, 1.82) is 0 Å². The van der Waals surface area contributed by atoms with Crippen LogP contribution in [-0.2, 0) is 4.74 Å². The highest BCUT2D eigenvalue weighted by atomic mass is 16.5. The van der Waals surface area contributed by atoms with E-state index >= 15 is 0 Å². The fourth-order valence-electron chi connectivity index (χ4n) is 3.08. The van der Waals surface area contributed by atoms with Crippen LogP contribution in [0.2, 0.25) is 0 Å². The lowest BCUT2D eigenvalue weighted by Gasteiger charge is -2.37. The van der Waals surface area contributed by atoms with Gasteiger partial charge in [-0.15, -0.1) is 0 Å². The molecule has 0 aromatic heterocycles. The smallest absolute Gasteiger partial charge is 0.0608 e. The molecule has 2 heteroatoms. The summed E-state index contributed by atoms with van der Waals surface area (Å²) in [6, 6.07) is 0. The quantitative estimate of drug-likeness (QED) is 0.697. The molecule has 0 aromatic rings. The topological polar surface area (TPSA) is 29.5 Å². The van der Waals surface area contributed by atoms with Crippen molar-refractivity contribution in [3.8, 4) is 0 Å². The van der Waals surface area contributed by atoms with E-state index in [2.05, 4.69) is 20.8 Å². The summed E-state index contributed by atoms with van der Waals surface area (Å²) in [5, 5.41) is 9.21. The number of ether oxygens (including phenoxy) is 1. The highest BCUT2D eigenvalue weighted by Gasteiger charge is 2.31. The molecule has 108 valence electrons. The predicted octanol–water partition coefficient (Wildman–Crippen LogP) is 4.01. The molecule has 4 unspecified atom stereocenters. The third-order valence-corrected chi connectivity index (χ3v) is 4.31. The van der Waals surface area contributed by atoms with Crippen LogP contribution in [-0.4, -0.2) is 23.9 Å². The first-order chi connectivity index (χ1) is 8.50. The third-order valence-electron chi connectivity index (χ3n) is 4.31. The second-order valence-electron chi connectivity index (χ2n) is 6.58. The van der Waals surface area contributed by atoms with E-state index in [1.54, 1.807) is 0 Å². The highest BCUT2D eigenvalue weighted by Crippen LogP contribution is 2.35. The molecule has 0 bridgehead atoms. The summed E-state index contributed by atoms with van der Waals surface area (Å²) in [4.78, 5) is 0. The molecule has 0 aliphatic heterocycles. The average molecular weight is 256 g/mol. The van der Waals surface area contributed by atoms with Gasteiger partial charge in [0.2, 0.25) is 0 Å². The van der Waals surface area contributed by atoms with Crippen molar-refractivity contribution in [3.63, 3.8) is 0 Å². The van der Waals surface area contributed by atoms with Gasteiger partial charge in [-0.2, -0.15) is 0 Å². The van der Waals surface area contributed by atoms with Gasteiger partial charge in [-0.05, 0) is 56.8 Å². The van der Waals surface area contributed by atoms with E-state index < -0.39 is 0 Å². The number of aliphatic hydroxyl groups is 1. The van der Waals surface area contributed by atoms with Crippen LogP contribution in [0.25, 0.3) is 0 Å². The molecule has 0 saturated heterocycles. The summed E-state index contributed by atoms with van der Waals surface area (Å²) in [7, 11) is 0. The zero-order valence-corrected chi connectivity index (χ0v) is 12.7. The van der Waals surface area contributed by atoms with Gasteiger partial charge in [-0.25, -0.2) is 0 Å². The van der Waals surface area contributed by atoms with E-state index in [-0.39, 0.29) is 6.10 Å². The molecular formula is C16H32O2. The molecule has 2 nitrogen and oxygen atoms in total. The van der Waals surface area contributed by atoms with Crippen molar-refractivity contribution in [2.75, 3.05) is 6.61 Å². The molecule has 1 rings (SSSR count). The summed E-state index contributed by atoms with van der Waals surface area (Å²) in [6.07, 6.45) is 7.30. The highest BCUT2D eigenvalue weighted by molar-refractivity contribution is 4.81. The van der Waals surface area contributed by atoms with Crippen molar-refractivity contribution in [2.45, 2.75) is 78.4 Å². The number of hydrogen-bond donors (Lipinski definition) is 1. The summed E-state index contributed by atoms with van der Waals surface area (Å²) in [5.74, 6) is 2.31. The van der Waals surface area contributed by atoms with Crippen molar-refractivity contribution in [1.82, 2.24) is 0 Å². The lowest BCUT2D eigenvalue weighted by Crippen LogP contribution is -2.34. The third kappa shape index (κ3) is 5.71. The van der Waals surface area contributed by atoms with Gasteiger partial charge in [0.15, 0.2) is 0 Å². The molecule has 0 heterocycles. The number of unbranched alkanes of at least 4 members (excludes halogenated alkanes) is 1. The maximum atomic E-state index is 9.21. The lowest BCUT2D eigenvalue weighted by atomic mass is 9.75. The summed E-state index contributed by atoms with van der Waals surface area (Å²) in [5.41, 5.74) is 0. The molecule has 1 aliphatic rings.